The van der Waals surface area contributed by atoms with E-state index in [1.54, 1.807) is 0 Å². The molecule has 0 saturated carbocycles. The van der Waals surface area contributed by atoms with E-state index in [4.69, 9.17) is 10.4 Å². The molecule has 10 heavy (non-hydrogen) atoms. The quantitative estimate of drug-likeness (QED) is 0.523. The average molecular weight is 142 g/mol. The number of rotatable bonds is 6. The summed E-state index contributed by atoms with van der Waals surface area (Å²) in [6.45, 7) is 1.76. The van der Waals surface area contributed by atoms with Crippen molar-refractivity contribution in [3.05, 3.63) is 0 Å². The van der Waals surface area contributed by atoms with Gasteiger partial charge in [-0.05, 0) is 19.4 Å². The van der Waals surface area contributed by atoms with Gasteiger partial charge in [0, 0.05) is 13.0 Å². The molecule has 0 spiro atoms. The number of nitrogens with zero attached hydrogens (tertiary/aromatic N) is 1. The summed E-state index contributed by atoms with van der Waals surface area (Å²) in [5.41, 5.74) is 0. The Kier molecular flexibility index (Phi) is 7.91. The van der Waals surface area contributed by atoms with Crippen LogP contribution in [0.5, 0.6) is 0 Å². The van der Waals surface area contributed by atoms with Crippen molar-refractivity contribution in [1.29, 1.82) is 5.26 Å². The molecule has 0 saturated heterocycles. The van der Waals surface area contributed by atoms with Crippen molar-refractivity contribution in [1.82, 2.24) is 5.32 Å². The van der Waals surface area contributed by atoms with Crippen LogP contribution in [0.15, 0.2) is 0 Å². The van der Waals surface area contributed by atoms with Gasteiger partial charge in [0.1, 0.15) is 0 Å². The Morgan fingerprint density at radius 1 is 1.30 bits per heavy atom. The molecule has 0 unspecified atom stereocenters. The van der Waals surface area contributed by atoms with Gasteiger partial charge in [-0.3, -0.25) is 0 Å². The molecule has 2 N–H and O–H groups in total. The summed E-state index contributed by atoms with van der Waals surface area (Å²) in [5, 5.41) is 19.5. The fourth-order valence-electron chi connectivity index (χ4n) is 0.658. The fraction of sp³-hybridized carbons (Fsp3) is 0.857. The van der Waals surface area contributed by atoms with E-state index in [-0.39, 0.29) is 6.61 Å². The maximum absolute atomic E-state index is 8.35. The third kappa shape index (κ3) is 7.41. The van der Waals surface area contributed by atoms with E-state index in [1.165, 1.54) is 0 Å². The Morgan fingerprint density at radius 3 is 2.70 bits per heavy atom. The summed E-state index contributed by atoms with van der Waals surface area (Å²) in [7, 11) is 0. The zero-order valence-electron chi connectivity index (χ0n) is 6.14. The van der Waals surface area contributed by atoms with Crippen LogP contribution in [0, 0.1) is 11.3 Å². The summed E-state index contributed by atoms with van der Waals surface area (Å²) in [6, 6.07) is 2.08. The van der Waals surface area contributed by atoms with E-state index < -0.39 is 0 Å². The largest absolute Gasteiger partial charge is 0.395 e. The van der Waals surface area contributed by atoms with E-state index in [2.05, 4.69) is 11.4 Å². The Balaban J connectivity index is 2.72. The first-order valence-electron chi connectivity index (χ1n) is 3.60. The van der Waals surface area contributed by atoms with Crippen LogP contribution in [0.3, 0.4) is 0 Å². The molecular formula is C7H14N2O. The van der Waals surface area contributed by atoms with Crippen molar-refractivity contribution < 1.29 is 5.11 Å². The number of hydrogen-bond donors (Lipinski definition) is 2. The van der Waals surface area contributed by atoms with Gasteiger partial charge in [-0.1, -0.05) is 0 Å². The lowest BCUT2D eigenvalue weighted by Crippen LogP contribution is -2.19. The lowest BCUT2D eigenvalue weighted by Gasteiger charge is -1.98. The van der Waals surface area contributed by atoms with Gasteiger partial charge in [-0.25, -0.2) is 0 Å². The third-order valence-electron chi connectivity index (χ3n) is 1.18. The molecule has 0 aromatic heterocycles. The predicted molar refractivity (Wildman–Crippen MR) is 39.4 cm³/mol. The standard InChI is InChI=1S/C7H14N2O/c8-4-2-1-3-5-9-6-7-10/h9-10H,1-3,5-7H2. The number of unbranched alkanes of at least 4 members (excludes halogenated alkanes) is 2. The summed E-state index contributed by atoms with van der Waals surface area (Å²) < 4.78 is 0. The van der Waals surface area contributed by atoms with Gasteiger partial charge in [0.25, 0.3) is 0 Å². The highest BCUT2D eigenvalue weighted by molar-refractivity contribution is 4.68. The third-order valence-corrected chi connectivity index (χ3v) is 1.18. The number of hydrogen-bond acceptors (Lipinski definition) is 3. The molecule has 0 heterocycles. The average Bonchev–Trinajstić information content (AvgIpc) is 1.97. The van der Waals surface area contributed by atoms with Gasteiger partial charge in [0.2, 0.25) is 0 Å². The van der Waals surface area contributed by atoms with Gasteiger partial charge >= 0.3 is 0 Å². The van der Waals surface area contributed by atoms with E-state index in [9.17, 15) is 0 Å². The maximum Gasteiger partial charge on any atom is 0.0621 e. The van der Waals surface area contributed by atoms with E-state index in [0.717, 1.165) is 19.4 Å². The van der Waals surface area contributed by atoms with Gasteiger partial charge in [-0.15, -0.1) is 0 Å². The zero-order valence-corrected chi connectivity index (χ0v) is 6.14. The highest BCUT2D eigenvalue weighted by Crippen LogP contribution is 1.90. The SMILES string of the molecule is N#CCCCCNCCO. The predicted octanol–water partition coefficient (Wildman–Crippen LogP) is 0.262. The molecule has 0 aliphatic carbocycles. The van der Waals surface area contributed by atoms with Crippen LogP contribution in [0.2, 0.25) is 0 Å². The molecule has 0 fully saturated rings. The molecule has 58 valence electrons. The highest BCUT2D eigenvalue weighted by Gasteiger charge is 1.86. The second-order valence-electron chi connectivity index (χ2n) is 2.09. The normalized spacial score (nSPS) is 9.20. The van der Waals surface area contributed by atoms with E-state index in [0.29, 0.717) is 13.0 Å². The number of aliphatic hydroxyl groups is 1. The van der Waals surface area contributed by atoms with Crippen molar-refractivity contribution in [2.45, 2.75) is 19.3 Å². The van der Waals surface area contributed by atoms with E-state index >= 15 is 0 Å². The Morgan fingerprint density at radius 2 is 2.10 bits per heavy atom. The molecule has 0 amide bonds. The second-order valence-corrected chi connectivity index (χ2v) is 2.09. The Bertz CT molecular complexity index is 98.3. The van der Waals surface area contributed by atoms with Crippen molar-refractivity contribution >= 4 is 0 Å². The first-order valence-corrected chi connectivity index (χ1v) is 3.60. The van der Waals surface area contributed by atoms with Crippen LogP contribution in [0.25, 0.3) is 0 Å². The minimum absolute atomic E-state index is 0.193. The maximum atomic E-state index is 8.35. The molecule has 3 heteroatoms. The minimum atomic E-state index is 0.193. The minimum Gasteiger partial charge on any atom is -0.395 e. The number of nitrogens with one attached hydrogen (secondary N) is 1. The Labute approximate surface area is 61.7 Å². The monoisotopic (exact) mass is 142 g/mol. The first-order chi connectivity index (χ1) is 4.91. The molecule has 0 bridgehead atoms. The molecule has 0 rings (SSSR count). The molecule has 0 radical (unpaired) electrons. The summed E-state index contributed by atoms with van der Waals surface area (Å²) in [5.74, 6) is 0. The van der Waals surface area contributed by atoms with Gasteiger partial charge in [0.05, 0.1) is 12.7 Å². The topological polar surface area (TPSA) is 56.0 Å². The van der Waals surface area contributed by atoms with Crippen molar-refractivity contribution in [2.75, 3.05) is 19.7 Å². The lowest BCUT2D eigenvalue weighted by molar-refractivity contribution is 0.292. The molecule has 0 aromatic carbocycles. The van der Waals surface area contributed by atoms with Crippen LogP contribution in [0.1, 0.15) is 19.3 Å². The van der Waals surface area contributed by atoms with Crippen LogP contribution in [-0.4, -0.2) is 24.8 Å². The van der Waals surface area contributed by atoms with Crippen molar-refractivity contribution in [3.63, 3.8) is 0 Å². The van der Waals surface area contributed by atoms with Gasteiger partial charge < -0.3 is 10.4 Å². The first kappa shape index (κ1) is 9.41. The second kappa shape index (κ2) is 8.41. The van der Waals surface area contributed by atoms with Crippen LogP contribution in [-0.2, 0) is 0 Å². The Hall–Kier alpha value is -0.590. The number of nitriles is 1. The summed E-state index contributed by atoms with van der Waals surface area (Å²) >= 11 is 0. The highest BCUT2D eigenvalue weighted by atomic mass is 16.3. The summed E-state index contributed by atoms with van der Waals surface area (Å²) in [6.07, 6.45) is 2.61. The zero-order chi connectivity index (χ0) is 7.66. The van der Waals surface area contributed by atoms with Crippen LogP contribution < -0.4 is 5.32 Å². The smallest absolute Gasteiger partial charge is 0.0621 e. The molecular weight excluding hydrogens is 128 g/mol. The molecule has 0 aliphatic heterocycles. The molecule has 0 aromatic rings. The van der Waals surface area contributed by atoms with E-state index in [1.807, 2.05) is 0 Å². The number of aliphatic hydroxyl groups excluding tert-OH is 1. The molecule has 3 nitrogen and oxygen atoms in total. The summed E-state index contributed by atoms with van der Waals surface area (Å²) in [4.78, 5) is 0. The van der Waals surface area contributed by atoms with Gasteiger partial charge in [-0.2, -0.15) is 5.26 Å². The van der Waals surface area contributed by atoms with Crippen LogP contribution >= 0.6 is 0 Å². The fourth-order valence-corrected chi connectivity index (χ4v) is 0.658. The lowest BCUT2D eigenvalue weighted by atomic mass is 10.2. The van der Waals surface area contributed by atoms with Crippen LogP contribution in [0.4, 0.5) is 0 Å². The van der Waals surface area contributed by atoms with Crippen molar-refractivity contribution in [2.24, 2.45) is 0 Å². The molecule has 0 atom stereocenters. The van der Waals surface area contributed by atoms with Gasteiger partial charge in [0.15, 0.2) is 0 Å². The van der Waals surface area contributed by atoms with Crippen molar-refractivity contribution in [3.8, 4) is 6.07 Å². The molecule has 0 aliphatic rings.